The van der Waals surface area contributed by atoms with Crippen LogP contribution in [0, 0.1) is 30.5 Å². The quantitative estimate of drug-likeness (QED) is 0.520. The van der Waals surface area contributed by atoms with Gasteiger partial charge < -0.3 is 4.42 Å². The third kappa shape index (κ3) is 3.81. The molecule has 2 heterocycles. The highest BCUT2D eigenvalue weighted by Gasteiger charge is 2.45. The fraction of sp³-hybridized carbons (Fsp3) is 0.400. The molecule has 0 saturated heterocycles. The van der Waals surface area contributed by atoms with Gasteiger partial charge >= 0.3 is 0 Å². The van der Waals surface area contributed by atoms with Crippen molar-refractivity contribution in [2.75, 3.05) is 0 Å². The Morgan fingerprint density at radius 3 is 2.73 bits per heavy atom. The monoisotopic (exact) mass is 403 g/mol. The maximum atomic E-state index is 13.5. The van der Waals surface area contributed by atoms with E-state index in [1.807, 2.05) is 31.3 Å². The number of rotatable bonds is 4. The van der Waals surface area contributed by atoms with Crippen molar-refractivity contribution < 1.29 is 8.81 Å². The Bertz CT molecular complexity index is 1040. The standard InChI is InChI=1S/C25H26FN3O/c1-16-28-29-25(30-16)24-14-18-5-2-3-8-22(18)23(24)12-11-21-10-9-19(15-27-21)17-6-4-7-20(26)13-17/h4,6-7,9-13,15,18,22-24H,2-3,5,8,14H2,1H3/t18-,22-,23+,24+/m1/s1. The van der Waals surface area contributed by atoms with Gasteiger partial charge in [-0.1, -0.05) is 43.5 Å². The van der Waals surface area contributed by atoms with Crippen molar-refractivity contribution in [3.63, 3.8) is 0 Å². The largest absolute Gasteiger partial charge is 0.425 e. The van der Waals surface area contributed by atoms with Crippen molar-refractivity contribution in [1.82, 2.24) is 15.2 Å². The van der Waals surface area contributed by atoms with E-state index in [4.69, 9.17) is 4.42 Å². The van der Waals surface area contributed by atoms with Crippen LogP contribution in [-0.2, 0) is 0 Å². The molecule has 2 aliphatic carbocycles. The average molecular weight is 404 g/mol. The first-order valence-electron chi connectivity index (χ1n) is 10.9. The van der Waals surface area contributed by atoms with Crippen LogP contribution < -0.4 is 0 Å². The van der Waals surface area contributed by atoms with Gasteiger partial charge in [0.05, 0.1) is 5.69 Å². The molecule has 154 valence electrons. The van der Waals surface area contributed by atoms with Gasteiger partial charge in [-0.25, -0.2) is 4.39 Å². The second-order valence-electron chi connectivity index (χ2n) is 8.63. The van der Waals surface area contributed by atoms with E-state index >= 15 is 0 Å². The summed E-state index contributed by atoms with van der Waals surface area (Å²) in [4.78, 5) is 4.59. The molecular formula is C25H26FN3O. The summed E-state index contributed by atoms with van der Waals surface area (Å²) in [7, 11) is 0. The zero-order valence-corrected chi connectivity index (χ0v) is 17.2. The molecule has 0 amide bonds. The fourth-order valence-corrected chi connectivity index (χ4v) is 5.37. The summed E-state index contributed by atoms with van der Waals surface area (Å²) < 4.78 is 19.3. The van der Waals surface area contributed by atoms with Crippen molar-refractivity contribution in [3.8, 4) is 11.1 Å². The van der Waals surface area contributed by atoms with Gasteiger partial charge in [0.25, 0.3) is 0 Å². The highest BCUT2D eigenvalue weighted by Crippen LogP contribution is 2.53. The molecule has 0 unspecified atom stereocenters. The van der Waals surface area contributed by atoms with E-state index in [2.05, 4.69) is 27.3 Å². The van der Waals surface area contributed by atoms with E-state index in [-0.39, 0.29) is 5.82 Å². The van der Waals surface area contributed by atoms with Crippen LogP contribution in [0.2, 0.25) is 0 Å². The second kappa shape index (κ2) is 8.13. The molecule has 0 spiro atoms. The Labute approximate surface area is 176 Å². The third-order valence-corrected chi connectivity index (χ3v) is 6.78. The number of benzene rings is 1. The Kier molecular flexibility index (Phi) is 5.19. The molecule has 2 aromatic heterocycles. The Morgan fingerprint density at radius 2 is 1.97 bits per heavy atom. The van der Waals surface area contributed by atoms with Crippen LogP contribution in [-0.4, -0.2) is 15.2 Å². The first-order valence-corrected chi connectivity index (χ1v) is 10.9. The maximum Gasteiger partial charge on any atom is 0.220 e. The lowest BCUT2D eigenvalue weighted by molar-refractivity contribution is 0.248. The lowest BCUT2D eigenvalue weighted by atomic mass is 9.77. The number of hydrogen-bond donors (Lipinski definition) is 0. The molecule has 5 heteroatoms. The number of hydrogen-bond acceptors (Lipinski definition) is 4. The number of halogens is 1. The predicted octanol–water partition coefficient (Wildman–Crippen LogP) is 6.20. The number of allylic oxidation sites excluding steroid dienone is 1. The zero-order valence-electron chi connectivity index (χ0n) is 17.2. The smallest absolute Gasteiger partial charge is 0.220 e. The lowest BCUT2D eigenvalue weighted by Crippen LogP contribution is -2.19. The highest BCUT2D eigenvalue weighted by molar-refractivity contribution is 5.63. The van der Waals surface area contributed by atoms with Crippen LogP contribution in [0.1, 0.15) is 55.5 Å². The molecule has 3 aromatic rings. The van der Waals surface area contributed by atoms with Crippen molar-refractivity contribution in [3.05, 3.63) is 72.0 Å². The Morgan fingerprint density at radius 1 is 1.07 bits per heavy atom. The van der Waals surface area contributed by atoms with E-state index in [9.17, 15) is 4.39 Å². The Balaban J connectivity index is 1.38. The Hall–Kier alpha value is -2.82. The van der Waals surface area contributed by atoms with Gasteiger partial charge in [0.15, 0.2) is 0 Å². The molecule has 2 fully saturated rings. The van der Waals surface area contributed by atoms with E-state index in [1.54, 1.807) is 6.07 Å². The molecule has 4 nitrogen and oxygen atoms in total. The van der Waals surface area contributed by atoms with Crippen LogP contribution in [0.25, 0.3) is 17.2 Å². The third-order valence-electron chi connectivity index (χ3n) is 6.78. The van der Waals surface area contributed by atoms with E-state index in [0.29, 0.717) is 23.6 Å². The number of nitrogens with zero attached hydrogens (tertiary/aromatic N) is 3. The average Bonchev–Trinajstić information content (AvgIpc) is 3.36. The van der Waals surface area contributed by atoms with Gasteiger partial charge in [-0.15, -0.1) is 10.2 Å². The van der Waals surface area contributed by atoms with Gasteiger partial charge in [-0.05, 0) is 60.4 Å². The minimum absolute atomic E-state index is 0.234. The topological polar surface area (TPSA) is 51.8 Å². The SMILES string of the molecule is Cc1nnc([C@H]2C[C@H]3CCCC[C@H]3[C@@H]2C=Cc2ccc(-c3cccc(F)c3)cn2)o1. The van der Waals surface area contributed by atoms with Gasteiger partial charge in [-0.3, -0.25) is 4.98 Å². The minimum Gasteiger partial charge on any atom is -0.425 e. The molecule has 30 heavy (non-hydrogen) atoms. The zero-order chi connectivity index (χ0) is 20.5. The number of aromatic nitrogens is 3. The summed E-state index contributed by atoms with van der Waals surface area (Å²) in [5.41, 5.74) is 2.67. The molecule has 1 aromatic carbocycles. The van der Waals surface area contributed by atoms with Crippen LogP contribution in [0.5, 0.6) is 0 Å². The number of aryl methyl sites for hydroxylation is 1. The maximum absolute atomic E-state index is 13.5. The van der Waals surface area contributed by atoms with E-state index in [0.717, 1.165) is 35.1 Å². The van der Waals surface area contributed by atoms with Crippen LogP contribution in [0.4, 0.5) is 4.39 Å². The van der Waals surface area contributed by atoms with Crippen LogP contribution in [0.15, 0.2) is 53.1 Å². The molecule has 0 N–H and O–H groups in total. The lowest BCUT2D eigenvalue weighted by Gasteiger charge is -2.28. The fourth-order valence-electron chi connectivity index (χ4n) is 5.37. The second-order valence-corrected chi connectivity index (χ2v) is 8.63. The van der Waals surface area contributed by atoms with Gasteiger partial charge in [0.1, 0.15) is 5.82 Å². The summed E-state index contributed by atoms with van der Waals surface area (Å²) in [6.07, 6.45) is 12.6. The summed E-state index contributed by atoms with van der Waals surface area (Å²) in [6.45, 7) is 1.85. The van der Waals surface area contributed by atoms with Crippen molar-refractivity contribution in [2.45, 2.75) is 44.9 Å². The van der Waals surface area contributed by atoms with Crippen LogP contribution in [0.3, 0.4) is 0 Å². The summed E-state index contributed by atoms with van der Waals surface area (Å²) >= 11 is 0. The molecule has 0 radical (unpaired) electrons. The first kappa shape index (κ1) is 19.2. The first-order chi connectivity index (χ1) is 14.7. The van der Waals surface area contributed by atoms with Gasteiger partial charge in [-0.2, -0.15) is 0 Å². The highest BCUT2D eigenvalue weighted by atomic mass is 19.1. The molecule has 2 aliphatic rings. The normalized spacial score (nSPS) is 26.2. The summed E-state index contributed by atoms with van der Waals surface area (Å²) in [5, 5.41) is 8.41. The summed E-state index contributed by atoms with van der Waals surface area (Å²) in [6, 6.07) is 10.6. The number of fused-ring (bicyclic) bond motifs is 1. The van der Waals surface area contributed by atoms with Crippen molar-refractivity contribution >= 4 is 6.08 Å². The van der Waals surface area contributed by atoms with Crippen molar-refractivity contribution in [2.24, 2.45) is 17.8 Å². The molecule has 4 atom stereocenters. The predicted molar refractivity (Wildman–Crippen MR) is 114 cm³/mol. The van der Waals surface area contributed by atoms with E-state index in [1.165, 1.54) is 37.8 Å². The molecule has 0 aliphatic heterocycles. The summed E-state index contributed by atoms with van der Waals surface area (Å²) in [5.74, 6) is 3.31. The van der Waals surface area contributed by atoms with Crippen molar-refractivity contribution in [1.29, 1.82) is 0 Å². The van der Waals surface area contributed by atoms with Gasteiger partial charge in [0, 0.05) is 24.6 Å². The molecule has 2 saturated carbocycles. The molecule has 0 bridgehead atoms. The minimum atomic E-state index is -0.234. The number of pyridine rings is 1. The molecule has 5 rings (SSSR count). The van der Waals surface area contributed by atoms with Gasteiger partial charge in [0.2, 0.25) is 11.8 Å². The molecular weight excluding hydrogens is 377 g/mol. The van der Waals surface area contributed by atoms with E-state index < -0.39 is 0 Å². The van der Waals surface area contributed by atoms with Crippen LogP contribution >= 0.6 is 0 Å².